The molecule has 8 heteroatoms. The summed E-state index contributed by atoms with van der Waals surface area (Å²) in [6, 6.07) is 0. The molecule has 0 radical (unpaired) electrons. The molecule has 0 aliphatic carbocycles. The summed E-state index contributed by atoms with van der Waals surface area (Å²) in [5.41, 5.74) is 0. The van der Waals surface area contributed by atoms with E-state index in [2.05, 4.69) is 27.7 Å². The minimum atomic E-state index is -10.7. The Kier molecular flexibility index (Phi) is 8.12. The third-order valence-electron chi connectivity index (χ3n) is 3.31. The van der Waals surface area contributed by atoms with Crippen LogP contribution in [0.25, 0.3) is 0 Å². The average molecular weight is 331 g/mol. The van der Waals surface area contributed by atoms with Crippen LogP contribution in [0, 0.1) is 0 Å². The predicted octanol–water partition coefficient (Wildman–Crippen LogP) is 6.83. The quantitative estimate of drug-likeness (QED) is 0.260. The van der Waals surface area contributed by atoms with E-state index in [-0.39, 0.29) is 0 Å². The van der Waals surface area contributed by atoms with E-state index in [4.69, 9.17) is 0 Å². The predicted molar refractivity (Wildman–Crippen MR) is 74.5 cm³/mol. The summed E-state index contributed by atoms with van der Waals surface area (Å²) in [7, 11) is -10.7. The molecule has 0 aliphatic heterocycles. The summed E-state index contributed by atoms with van der Waals surface area (Å²) >= 11 is 0. The summed E-state index contributed by atoms with van der Waals surface area (Å²) in [4.78, 5) is 0. The number of rotatable bonds is 8. The number of nitrogens with zero attached hydrogens (tertiary/aromatic N) is 1. The van der Waals surface area contributed by atoms with E-state index in [0.717, 1.165) is 0 Å². The molecule has 0 bridgehead atoms. The number of quaternary nitrogens is 1. The van der Waals surface area contributed by atoms with Crippen molar-refractivity contribution >= 4 is 7.81 Å². The van der Waals surface area contributed by atoms with Gasteiger partial charge in [0, 0.05) is 0 Å². The second kappa shape index (κ2) is 7.30. The zero-order valence-electron chi connectivity index (χ0n) is 12.8. The fraction of sp³-hybridized carbons (Fsp3) is 1.00. The molecule has 0 atom stereocenters. The number of unbranched alkanes of at least 4 members (excludes halogenated alkanes) is 2. The first kappa shape index (κ1) is 22.3. The van der Waals surface area contributed by atoms with Gasteiger partial charge in [0.1, 0.15) is 0 Å². The van der Waals surface area contributed by atoms with Crippen LogP contribution in [0.1, 0.15) is 53.4 Å². The Morgan fingerprint density at radius 3 is 1.05 bits per heavy atom. The Morgan fingerprint density at radius 2 is 0.900 bits per heavy atom. The van der Waals surface area contributed by atoms with E-state index in [1.54, 1.807) is 0 Å². The summed E-state index contributed by atoms with van der Waals surface area (Å²) < 4.78 is 60.5. The van der Waals surface area contributed by atoms with Gasteiger partial charge in [-0.05, 0) is 26.7 Å². The van der Waals surface area contributed by atoms with Gasteiger partial charge in [-0.2, -0.15) is 0 Å². The number of hydrogen-bond acceptors (Lipinski definition) is 0. The molecule has 0 saturated heterocycles. The van der Waals surface area contributed by atoms with Gasteiger partial charge in [-0.3, -0.25) is 0 Å². The molecule has 0 aromatic rings. The second-order valence-electron chi connectivity index (χ2n) is 5.09. The topological polar surface area (TPSA) is 0 Å². The maximum absolute atomic E-state index is 10.7. The van der Waals surface area contributed by atoms with Crippen molar-refractivity contribution in [3.8, 4) is 0 Å². The molecule has 0 rings (SSSR count). The molecule has 0 aromatic heterocycles. The molecule has 0 aliphatic rings. The van der Waals surface area contributed by atoms with Crippen molar-refractivity contribution < 1.29 is 29.7 Å². The SMILES string of the molecule is CCCC[N+](CC)(CC)CCCC.F[P-](F)(F)(F)(F)F. The monoisotopic (exact) mass is 331 g/mol. The first-order valence-electron chi connectivity index (χ1n) is 7.11. The molecule has 20 heavy (non-hydrogen) atoms. The van der Waals surface area contributed by atoms with E-state index in [1.165, 1.54) is 56.3 Å². The van der Waals surface area contributed by atoms with Crippen LogP contribution in [-0.2, 0) is 0 Å². The fourth-order valence-electron chi connectivity index (χ4n) is 1.95. The summed E-state index contributed by atoms with van der Waals surface area (Å²) in [6.07, 6.45) is 5.47. The van der Waals surface area contributed by atoms with Gasteiger partial charge < -0.3 is 4.48 Å². The van der Waals surface area contributed by atoms with Gasteiger partial charge in [0.2, 0.25) is 0 Å². The van der Waals surface area contributed by atoms with Crippen LogP contribution in [-0.4, -0.2) is 30.7 Å². The summed E-state index contributed by atoms with van der Waals surface area (Å²) in [6.45, 7) is 14.7. The van der Waals surface area contributed by atoms with Crippen LogP contribution in [0.2, 0.25) is 0 Å². The second-order valence-corrected chi connectivity index (χ2v) is 7.00. The van der Waals surface area contributed by atoms with Crippen molar-refractivity contribution in [1.29, 1.82) is 0 Å². The van der Waals surface area contributed by atoms with Gasteiger partial charge in [-0.25, -0.2) is 0 Å². The van der Waals surface area contributed by atoms with Crippen molar-refractivity contribution in [2.45, 2.75) is 53.4 Å². The zero-order valence-corrected chi connectivity index (χ0v) is 13.7. The van der Waals surface area contributed by atoms with E-state index < -0.39 is 7.81 Å². The van der Waals surface area contributed by atoms with Gasteiger partial charge in [0.05, 0.1) is 26.2 Å². The van der Waals surface area contributed by atoms with Crippen LogP contribution in [0.15, 0.2) is 0 Å². The minimum absolute atomic E-state index is 1.32. The summed E-state index contributed by atoms with van der Waals surface area (Å²) in [5, 5.41) is 0. The molecule has 0 saturated carbocycles. The van der Waals surface area contributed by atoms with Crippen LogP contribution in [0.5, 0.6) is 0 Å². The average Bonchev–Trinajstić information content (AvgIpc) is 2.26. The molecule has 0 heterocycles. The van der Waals surface area contributed by atoms with Gasteiger partial charge in [0.15, 0.2) is 0 Å². The van der Waals surface area contributed by atoms with Gasteiger partial charge in [-0.1, -0.05) is 26.7 Å². The third kappa shape index (κ3) is 20.3. The van der Waals surface area contributed by atoms with Gasteiger partial charge >= 0.3 is 33.0 Å². The maximum atomic E-state index is 9.87. The Hall–Kier alpha value is -0.0300. The van der Waals surface area contributed by atoms with E-state index >= 15 is 0 Å². The number of hydrogen-bond donors (Lipinski definition) is 0. The third-order valence-corrected chi connectivity index (χ3v) is 3.31. The molecular formula is C12H28F6NP. The standard InChI is InChI=1S/C12H28N.F6P/c1-5-9-11-13(7-3,8-4)12-10-6-2;1-7(2,3,4,5)6/h5-12H2,1-4H3;/q+1;-1. The van der Waals surface area contributed by atoms with E-state index in [9.17, 15) is 25.2 Å². The van der Waals surface area contributed by atoms with Crippen molar-refractivity contribution in [2.75, 3.05) is 26.2 Å². The molecule has 128 valence electrons. The Morgan fingerprint density at radius 1 is 0.650 bits per heavy atom. The van der Waals surface area contributed by atoms with Crippen LogP contribution in [0.3, 0.4) is 0 Å². The van der Waals surface area contributed by atoms with Crippen LogP contribution in [0.4, 0.5) is 25.2 Å². The molecule has 0 unspecified atom stereocenters. The first-order valence-corrected chi connectivity index (χ1v) is 9.14. The van der Waals surface area contributed by atoms with Crippen LogP contribution >= 0.6 is 7.81 Å². The molecule has 0 amide bonds. The zero-order chi connectivity index (χ0) is 16.6. The molecule has 0 N–H and O–H groups in total. The van der Waals surface area contributed by atoms with Crippen molar-refractivity contribution in [3.05, 3.63) is 0 Å². The molecule has 0 aromatic carbocycles. The first-order chi connectivity index (χ1) is 8.69. The van der Waals surface area contributed by atoms with Gasteiger partial charge in [0.25, 0.3) is 0 Å². The van der Waals surface area contributed by atoms with Crippen molar-refractivity contribution in [2.24, 2.45) is 0 Å². The van der Waals surface area contributed by atoms with E-state index in [0.29, 0.717) is 0 Å². The Labute approximate surface area is 118 Å². The molecule has 0 fully saturated rings. The fourth-order valence-corrected chi connectivity index (χ4v) is 1.95. The van der Waals surface area contributed by atoms with E-state index in [1.807, 2.05) is 0 Å². The molecule has 1 nitrogen and oxygen atoms in total. The van der Waals surface area contributed by atoms with Crippen molar-refractivity contribution in [1.82, 2.24) is 0 Å². The Balaban J connectivity index is 0. The molecule has 0 spiro atoms. The Bertz CT molecular complexity index is 235. The van der Waals surface area contributed by atoms with Crippen LogP contribution < -0.4 is 0 Å². The van der Waals surface area contributed by atoms with Gasteiger partial charge in [-0.15, -0.1) is 0 Å². The normalized spacial score (nSPS) is 15.9. The molecular weight excluding hydrogens is 303 g/mol. The van der Waals surface area contributed by atoms with Crippen molar-refractivity contribution in [3.63, 3.8) is 0 Å². The number of halogens is 6. The summed E-state index contributed by atoms with van der Waals surface area (Å²) in [5.74, 6) is 0.